The van der Waals surface area contributed by atoms with Gasteiger partial charge in [0.05, 0.1) is 5.69 Å². The lowest BCUT2D eigenvalue weighted by atomic mass is 10.2. The van der Waals surface area contributed by atoms with E-state index in [2.05, 4.69) is 34.7 Å². The van der Waals surface area contributed by atoms with E-state index in [1.54, 1.807) is 0 Å². The Morgan fingerprint density at radius 3 is 2.62 bits per heavy atom. The fourth-order valence-corrected chi connectivity index (χ4v) is 2.28. The molecule has 0 spiro atoms. The SMILES string of the molecule is CC(C)N(CCCO)c1ccc(N)cc1Br. The van der Waals surface area contributed by atoms with Crippen molar-refractivity contribution in [3.8, 4) is 0 Å². The average molecular weight is 287 g/mol. The summed E-state index contributed by atoms with van der Waals surface area (Å²) in [6.07, 6.45) is 0.773. The molecule has 1 rings (SSSR count). The monoisotopic (exact) mass is 286 g/mol. The molecule has 1 aromatic carbocycles. The van der Waals surface area contributed by atoms with E-state index in [0.717, 1.165) is 28.8 Å². The fourth-order valence-electron chi connectivity index (χ4n) is 1.65. The van der Waals surface area contributed by atoms with Gasteiger partial charge >= 0.3 is 0 Å². The molecule has 3 nitrogen and oxygen atoms in total. The van der Waals surface area contributed by atoms with E-state index in [1.165, 1.54) is 0 Å². The number of benzene rings is 1. The molecule has 0 fully saturated rings. The molecule has 0 radical (unpaired) electrons. The van der Waals surface area contributed by atoms with E-state index >= 15 is 0 Å². The predicted octanol–water partition coefficient (Wildman–Crippen LogP) is 2.63. The Morgan fingerprint density at radius 1 is 1.44 bits per heavy atom. The topological polar surface area (TPSA) is 49.5 Å². The van der Waals surface area contributed by atoms with Crippen molar-refractivity contribution in [2.24, 2.45) is 0 Å². The molecule has 0 amide bonds. The summed E-state index contributed by atoms with van der Waals surface area (Å²) in [6, 6.07) is 6.21. The Bertz CT molecular complexity index is 342. The third-order valence-corrected chi connectivity index (χ3v) is 3.10. The van der Waals surface area contributed by atoms with Crippen molar-refractivity contribution in [2.75, 3.05) is 23.8 Å². The van der Waals surface area contributed by atoms with Gasteiger partial charge in [0, 0.05) is 29.4 Å². The maximum atomic E-state index is 8.90. The average Bonchev–Trinajstić information content (AvgIpc) is 2.20. The van der Waals surface area contributed by atoms with Crippen LogP contribution in [0.1, 0.15) is 20.3 Å². The van der Waals surface area contributed by atoms with Gasteiger partial charge in [0.1, 0.15) is 0 Å². The molecule has 0 aliphatic heterocycles. The first kappa shape index (κ1) is 13.3. The van der Waals surface area contributed by atoms with Gasteiger partial charge in [0.2, 0.25) is 0 Å². The minimum absolute atomic E-state index is 0.218. The number of aliphatic hydroxyl groups excluding tert-OH is 1. The van der Waals surface area contributed by atoms with E-state index in [4.69, 9.17) is 10.8 Å². The van der Waals surface area contributed by atoms with Crippen LogP contribution >= 0.6 is 15.9 Å². The van der Waals surface area contributed by atoms with Gasteiger partial charge in [-0.1, -0.05) is 0 Å². The summed E-state index contributed by atoms with van der Waals surface area (Å²) in [5, 5.41) is 8.90. The van der Waals surface area contributed by atoms with Crippen molar-refractivity contribution >= 4 is 27.3 Å². The van der Waals surface area contributed by atoms with Crippen molar-refractivity contribution in [3.63, 3.8) is 0 Å². The van der Waals surface area contributed by atoms with Gasteiger partial charge in [-0.05, 0) is 54.4 Å². The molecule has 0 unspecified atom stereocenters. The Labute approximate surface area is 105 Å². The minimum Gasteiger partial charge on any atom is -0.399 e. The van der Waals surface area contributed by atoms with Gasteiger partial charge in [-0.25, -0.2) is 0 Å². The number of anilines is 2. The maximum Gasteiger partial charge on any atom is 0.0514 e. The first-order valence-corrected chi connectivity index (χ1v) is 6.28. The summed E-state index contributed by atoms with van der Waals surface area (Å²) in [6.45, 7) is 5.34. The summed E-state index contributed by atoms with van der Waals surface area (Å²) >= 11 is 3.52. The second-order valence-electron chi connectivity index (χ2n) is 4.08. The molecule has 3 N–H and O–H groups in total. The highest BCUT2D eigenvalue weighted by molar-refractivity contribution is 9.10. The summed E-state index contributed by atoms with van der Waals surface area (Å²) in [7, 11) is 0. The third kappa shape index (κ3) is 3.39. The zero-order valence-electron chi connectivity index (χ0n) is 9.78. The molecule has 0 heterocycles. The maximum absolute atomic E-state index is 8.90. The number of hydrogen-bond acceptors (Lipinski definition) is 3. The molecular formula is C12H19BrN2O. The number of aliphatic hydroxyl groups is 1. The molecule has 0 aliphatic carbocycles. The molecule has 0 aliphatic rings. The van der Waals surface area contributed by atoms with Crippen LogP contribution in [0.25, 0.3) is 0 Å². The largest absolute Gasteiger partial charge is 0.399 e. The first-order valence-electron chi connectivity index (χ1n) is 5.48. The minimum atomic E-state index is 0.218. The molecule has 4 heteroatoms. The van der Waals surface area contributed by atoms with E-state index in [0.29, 0.717) is 6.04 Å². The Kier molecular flexibility index (Phi) is 5.09. The molecule has 16 heavy (non-hydrogen) atoms. The molecular weight excluding hydrogens is 268 g/mol. The number of nitrogens with zero attached hydrogens (tertiary/aromatic N) is 1. The van der Waals surface area contributed by atoms with Crippen LogP contribution in [0.2, 0.25) is 0 Å². The number of nitrogens with two attached hydrogens (primary N) is 1. The van der Waals surface area contributed by atoms with E-state index in [-0.39, 0.29) is 6.61 Å². The summed E-state index contributed by atoms with van der Waals surface area (Å²) in [5.41, 5.74) is 7.59. The van der Waals surface area contributed by atoms with Crippen LogP contribution in [0, 0.1) is 0 Å². The van der Waals surface area contributed by atoms with Crippen LogP contribution in [0.4, 0.5) is 11.4 Å². The summed E-state index contributed by atoms with van der Waals surface area (Å²) < 4.78 is 0.999. The van der Waals surface area contributed by atoms with Gasteiger partial charge in [0.25, 0.3) is 0 Å². The lowest BCUT2D eigenvalue weighted by Gasteiger charge is -2.30. The van der Waals surface area contributed by atoms with Gasteiger partial charge in [-0.3, -0.25) is 0 Å². The van der Waals surface area contributed by atoms with Crippen LogP contribution in [-0.2, 0) is 0 Å². The zero-order valence-corrected chi connectivity index (χ0v) is 11.4. The van der Waals surface area contributed by atoms with Gasteiger partial charge in [-0.2, -0.15) is 0 Å². The van der Waals surface area contributed by atoms with Crippen LogP contribution in [0.15, 0.2) is 22.7 Å². The van der Waals surface area contributed by atoms with Crippen molar-refractivity contribution in [2.45, 2.75) is 26.3 Å². The zero-order chi connectivity index (χ0) is 12.1. The Balaban J connectivity index is 2.92. The smallest absolute Gasteiger partial charge is 0.0514 e. The van der Waals surface area contributed by atoms with Crippen molar-refractivity contribution in [1.82, 2.24) is 0 Å². The van der Waals surface area contributed by atoms with E-state index in [1.807, 2.05) is 18.2 Å². The molecule has 1 aromatic rings. The normalized spacial score (nSPS) is 10.8. The van der Waals surface area contributed by atoms with Gasteiger partial charge in [0.15, 0.2) is 0 Å². The second kappa shape index (κ2) is 6.11. The summed E-state index contributed by atoms with van der Waals surface area (Å²) in [4.78, 5) is 2.25. The number of hydrogen-bond donors (Lipinski definition) is 2. The Morgan fingerprint density at radius 2 is 2.12 bits per heavy atom. The first-order chi connectivity index (χ1) is 7.56. The van der Waals surface area contributed by atoms with Crippen LogP contribution in [0.3, 0.4) is 0 Å². The quantitative estimate of drug-likeness (QED) is 0.818. The Hall–Kier alpha value is -0.740. The summed E-state index contributed by atoms with van der Waals surface area (Å²) in [5.74, 6) is 0. The van der Waals surface area contributed by atoms with E-state index < -0.39 is 0 Å². The lowest BCUT2D eigenvalue weighted by Crippen LogP contribution is -2.32. The van der Waals surface area contributed by atoms with Crippen LogP contribution in [0.5, 0.6) is 0 Å². The van der Waals surface area contributed by atoms with Crippen molar-refractivity contribution in [3.05, 3.63) is 22.7 Å². The molecule has 0 saturated carbocycles. The third-order valence-electron chi connectivity index (χ3n) is 2.46. The molecule has 0 bridgehead atoms. The highest BCUT2D eigenvalue weighted by Crippen LogP contribution is 2.29. The van der Waals surface area contributed by atoms with Crippen LogP contribution in [-0.4, -0.2) is 24.3 Å². The molecule has 0 aromatic heterocycles. The number of halogens is 1. The molecule has 0 atom stereocenters. The van der Waals surface area contributed by atoms with Gasteiger partial charge in [-0.15, -0.1) is 0 Å². The van der Waals surface area contributed by atoms with E-state index in [9.17, 15) is 0 Å². The second-order valence-corrected chi connectivity index (χ2v) is 4.93. The highest BCUT2D eigenvalue weighted by Gasteiger charge is 2.12. The fraction of sp³-hybridized carbons (Fsp3) is 0.500. The van der Waals surface area contributed by atoms with Crippen molar-refractivity contribution in [1.29, 1.82) is 0 Å². The lowest BCUT2D eigenvalue weighted by molar-refractivity contribution is 0.288. The van der Waals surface area contributed by atoms with Crippen LogP contribution < -0.4 is 10.6 Å². The van der Waals surface area contributed by atoms with Crippen molar-refractivity contribution < 1.29 is 5.11 Å². The number of nitrogen functional groups attached to an aromatic ring is 1. The standard InChI is InChI=1S/C12H19BrN2O/c1-9(2)15(6-3-7-16)12-5-4-10(14)8-11(12)13/h4-5,8-9,16H,3,6-7,14H2,1-2H3. The number of rotatable bonds is 5. The molecule has 0 saturated heterocycles. The highest BCUT2D eigenvalue weighted by atomic mass is 79.9. The predicted molar refractivity (Wildman–Crippen MR) is 72.7 cm³/mol. The molecule has 90 valence electrons. The van der Waals surface area contributed by atoms with Gasteiger partial charge < -0.3 is 15.7 Å².